The molecule has 6 heteroatoms. The minimum absolute atomic E-state index is 0.101. The third-order valence-corrected chi connectivity index (χ3v) is 13.1. The second-order valence-corrected chi connectivity index (χ2v) is 20.2. The van der Waals surface area contributed by atoms with Crippen molar-refractivity contribution in [3.63, 3.8) is 0 Å². The normalized spacial score (nSPS) is 12.7. The van der Waals surface area contributed by atoms with Gasteiger partial charge in [-0.05, 0) is 103 Å². The first kappa shape index (κ1) is 68.6. The molecule has 0 N–H and O–H groups in total. The van der Waals surface area contributed by atoms with Crippen LogP contribution in [0.25, 0.3) is 0 Å². The Labute approximate surface area is 445 Å². The average Bonchev–Trinajstić information content (AvgIpc) is 3.38. The maximum Gasteiger partial charge on any atom is 0.306 e. The molecule has 0 amide bonds. The molecule has 0 aliphatic carbocycles. The van der Waals surface area contributed by atoms with Gasteiger partial charge in [-0.15, -0.1) is 0 Å². The molecule has 0 heterocycles. The summed E-state index contributed by atoms with van der Waals surface area (Å²) in [6.45, 7) is 6.46. The van der Waals surface area contributed by atoms with Crippen molar-refractivity contribution in [2.45, 2.75) is 303 Å². The van der Waals surface area contributed by atoms with Crippen LogP contribution in [0.15, 0.2) is 85.1 Å². The second kappa shape index (κ2) is 60.1. The van der Waals surface area contributed by atoms with Crippen molar-refractivity contribution in [1.29, 1.82) is 0 Å². The molecule has 0 rings (SSSR count). The molecule has 0 saturated heterocycles. The van der Waals surface area contributed by atoms with Crippen molar-refractivity contribution in [2.24, 2.45) is 0 Å². The SMILES string of the molecule is CC/C=C\C/C=C\C/C=C\C/C=C\CCC(=O)OCC(COC(=O)CCCCCCCCCCCCCCC/C=C\C/C=C\CCCCCCC)OC(=O)CCCCCCC/C=C\CCCCCCCCC. The van der Waals surface area contributed by atoms with Crippen LogP contribution in [0, 0.1) is 0 Å². The number of hydrogen-bond acceptors (Lipinski definition) is 6. The van der Waals surface area contributed by atoms with Gasteiger partial charge in [0.1, 0.15) is 13.2 Å². The lowest BCUT2D eigenvalue weighted by atomic mass is 10.0. The summed E-state index contributed by atoms with van der Waals surface area (Å²) in [5.41, 5.74) is 0. The highest BCUT2D eigenvalue weighted by molar-refractivity contribution is 5.71. The standard InChI is InChI=1S/C66H114O6/c1-4-7-10-13-16-19-22-25-27-29-30-31-32-33-34-35-36-37-39-41-44-47-50-53-56-59-65(68)71-62-63(61-70-64(67)58-55-52-49-46-43-40-24-21-18-15-12-9-6-3)72-66(69)60-57-54-51-48-45-42-38-28-26-23-20-17-14-11-8-5-2/h9,12,18,21-22,25,28-30,38,40,43,49,52,63H,4-8,10-11,13-17,19-20,23-24,26-27,31-37,39,41-42,44-48,50-51,53-62H2,1-3H3/b12-9-,21-18-,25-22-,30-29-,38-28-,43-40-,52-49-. The number of ether oxygens (including phenoxy) is 3. The Morgan fingerprint density at radius 2 is 0.569 bits per heavy atom. The lowest BCUT2D eigenvalue weighted by Gasteiger charge is -2.18. The summed E-state index contributed by atoms with van der Waals surface area (Å²) in [7, 11) is 0. The maximum absolute atomic E-state index is 12.9. The zero-order valence-corrected chi connectivity index (χ0v) is 47.4. The predicted molar refractivity (Wildman–Crippen MR) is 311 cm³/mol. The van der Waals surface area contributed by atoms with E-state index in [0.717, 1.165) is 83.5 Å². The van der Waals surface area contributed by atoms with Crippen LogP contribution in [-0.2, 0) is 28.6 Å². The van der Waals surface area contributed by atoms with Crippen LogP contribution < -0.4 is 0 Å². The first-order valence-electron chi connectivity index (χ1n) is 30.6. The van der Waals surface area contributed by atoms with E-state index in [9.17, 15) is 14.4 Å². The minimum atomic E-state index is -0.810. The predicted octanol–water partition coefficient (Wildman–Crippen LogP) is 20.7. The van der Waals surface area contributed by atoms with E-state index in [0.29, 0.717) is 19.3 Å². The smallest absolute Gasteiger partial charge is 0.306 e. The highest BCUT2D eigenvalue weighted by atomic mass is 16.6. The van der Waals surface area contributed by atoms with Gasteiger partial charge in [-0.25, -0.2) is 0 Å². The van der Waals surface area contributed by atoms with Crippen LogP contribution in [0.1, 0.15) is 297 Å². The zero-order valence-electron chi connectivity index (χ0n) is 47.4. The molecular weight excluding hydrogens is 889 g/mol. The number of rotatable bonds is 55. The Morgan fingerprint density at radius 3 is 0.944 bits per heavy atom. The first-order chi connectivity index (χ1) is 35.5. The van der Waals surface area contributed by atoms with Gasteiger partial charge in [0.2, 0.25) is 0 Å². The number of allylic oxidation sites excluding steroid dienone is 14. The lowest BCUT2D eigenvalue weighted by molar-refractivity contribution is -0.166. The van der Waals surface area contributed by atoms with Gasteiger partial charge in [0.15, 0.2) is 6.10 Å². The van der Waals surface area contributed by atoms with Gasteiger partial charge >= 0.3 is 17.9 Å². The fourth-order valence-corrected chi connectivity index (χ4v) is 8.54. The molecule has 0 aliphatic heterocycles. The van der Waals surface area contributed by atoms with E-state index in [4.69, 9.17) is 14.2 Å². The molecule has 0 fully saturated rings. The van der Waals surface area contributed by atoms with E-state index in [1.807, 2.05) is 6.08 Å². The monoisotopic (exact) mass is 1000 g/mol. The van der Waals surface area contributed by atoms with E-state index in [-0.39, 0.29) is 37.5 Å². The van der Waals surface area contributed by atoms with Gasteiger partial charge in [-0.3, -0.25) is 14.4 Å². The summed E-state index contributed by atoms with van der Waals surface area (Å²) in [6.07, 6.45) is 78.9. The molecule has 1 atom stereocenters. The molecule has 72 heavy (non-hydrogen) atoms. The molecular formula is C66H114O6. The molecule has 0 radical (unpaired) electrons. The molecule has 0 spiro atoms. The van der Waals surface area contributed by atoms with Crippen molar-refractivity contribution >= 4 is 17.9 Å². The van der Waals surface area contributed by atoms with Gasteiger partial charge in [-0.1, -0.05) is 260 Å². The van der Waals surface area contributed by atoms with E-state index in [2.05, 4.69) is 99.8 Å². The van der Waals surface area contributed by atoms with E-state index < -0.39 is 6.10 Å². The summed E-state index contributed by atoms with van der Waals surface area (Å²) >= 11 is 0. The molecule has 0 saturated carbocycles. The van der Waals surface area contributed by atoms with Crippen molar-refractivity contribution in [1.82, 2.24) is 0 Å². The Morgan fingerprint density at radius 1 is 0.292 bits per heavy atom. The Balaban J connectivity index is 4.33. The molecule has 414 valence electrons. The van der Waals surface area contributed by atoms with Crippen LogP contribution in [0.5, 0.6) is 0 Å². The van der Waals surface area contributed by atoms with Gasteiger partial charge < -0.3 is 14.2 Å². The first-order valence-corrected chi connectivity index (χ1v) is 30.6. The third-order valence-electron chi connectivity index (χ3n) is 13.1. The number of unbranched alkanes of at least 4 members (excludes halogenated alkanes) is 30. The molecule has 6 nitrogen and oxygen atoms in total. The van der Waals surface area contributed by atoms with E-state index >= 15 is 0 Å². The van der Waals surface area contributed by atoms with Crippen LogP contribution in [0.2, 0.25) is 0 Å². The van der Waals surface area contributed by atoms with Gasteiger partial charge in [0, 0.05) is 19.3 Å². The summed E-state index contributed by atoms with van der Waals surface area (Å²) in [6, 6.07) is 0. The minimum Gasteiger partial charge on any atom is -0.462 e. The Hall–Kier alpha value is -3.41. The average molecular weight is 1000 g/mol. The lowest BCUT2D eigenvalue weighted by Crippen LogP contribution is -2.30. The molecule has 0 bridgehead atoms. The number of carbonyl (C=O) groups is 3. The molecule has 0 aromatic rings. The number of carbonyl (C=O) groups excluding carboxylic acids is 3. The van der Waals surface area contributed by atoms with Crippen molar-refractivity contribution in [3.8, 4) is 0 Å². The van der Waals surface area contributed by atoms with Gasteiger partial charge in [-0.2, -0.15) is 0 Å². The van der Waals surface area contributed by atoms with Crippen molar-refractivity contribution < 1.29 is 28.6 Å². The summed E-state index contributed by atoms with van der Waals surface area (Å²) in [5, 5.41) is 0. The van der Waals surface area contributed by atoms with E-state index in [1.54, 1.807) is 0 Å². The number of esters is 3. The van der Waals surface area contributed by atoms with Crippen LogP contribution in [0.3, 0.4) is 0 Å². The summed E-state index contributed by atoms with van der Waals surface area (Å²) in [5.74, 6) is -0.988. The molecule has 0 aromatic heterocycles. The molecule has 1 unspecified atom stereocenters. The Bertz CT molecular complexity index is 1380. The third kappa shape index (κ3) is 57.5. The molecule has 0 aliphatic rings. The fourth-order valence-electron chi connectivity index (χ4n) is 8.54. The van der Waals surface area contributed by atoms with Crippen LogP contribution in [0.4, 0.5) is 0 Å². The summed E-state index contributed by atoms with van der Waals surface area (Å²) in [4.78, 5) is 38.2. The fraction of sp³-hybridized carbons (Fsp3) is 0.742. The largest absolute Gasteiger partial charge is 0.462 e. The quantitative estimate of drug-likeness (QED) is 0.0261. The zero-order chi connectivity index (χ0) is 52.2. The van der Waals surface area contributed by atoms with Crippen molar-refractivity contribution in [3.05, 3.63) is 85.1 Å². The van der Waals surface area contributed by atoms with Crippen LogP contribution >= 0.6 is 0 Å². The highest BCUT2D eigenvalue weighted by Gasteiger charge is 2.19. The maximum atomic E-state index is 12.9. The van der Waals surface area contributed by atoms with Gasteiger partial charge in [0.05, 0.1) is 0 Å². The molecule has 0 aromatic carbocycles. The highest BCUT2D eigenvalue weighted by Crippen LogP contribution is 2.16. The second-order valence-electron chi connectivity index (χ2n) is 20.2. The van der Waals surface area contributed by atoms with Crippen molar-refractivity contribution in [2.75, 3.05) is 13.2 Å². The topological polar surface area (TPSA) is 78.9 Å². The number of hydrogen-bond donors (Lipinski definition) is 0. The Kier molecular flexibility index (Phi) is 57.3. The summed E-state index contributed by atoms with van der Waals surface area (Å²) < 4.78 is 16.8. The van der Waals surface area contributed by atoms with Gasteiger partial charge in [0.25, 0.3) is 0 Å². The van der Waals surface area contributed by atoms with E-state index in [1.165, 1.54) is 167 Å². The van der Waals surface area contributed by atoms with Crippen LogP contribution in [-0.4, -0.2) is 37.2 Å².